The molecule has 2 aromatic rings. The molecular formula is C16H16FN3O2. The molecule has 6 heteroatoms. The molecule has 4 N–H and O–H groups in total. The number of aryl methyl sites for hydroxylation is 1. The van der Waals surface area contributed by atoms with Crippen LogP contribution in [0.4, 0.5) is 15.8 Å². The predicted octanol–water partition coefficient (Wildman–Crippen LogP) is 1.97. The number of hydrogen-bond donors (Lipinski definition) is 3. The van der Waals surface area contributed by atoms with Gasteiger partial charge in [-0.25, -0.2) is 4.39 Å². The van der Waals surface area contributed by atoms with Crippen molar-refractivity contribution >= 4 is 23.2 Å². The average Bonchev–Trinajstić information content (AvgIpc) is 2.49. The van der Waals surface area contributed by atoms with E-state index >= 15 is 0 Å². The number of carbonyl (C=O) groups is 2. The summed E-state index contributed by atoms with van der Waals surface area (Å²) < 4.78 is 13.4. The number of rotatable bonds is 3. The van der Waals surface area contributed by atoms with E-state index < -0.39 is 17.6 Å². The molecule has 0 heterocycles. The highest BCUT2D eigenvalue weighted by molar-refractivity contribution is 6.39. The van der Waals surface area contributed by atoms with E-state index in [1.165, 1.54) is 12.1 Å². The average molecular weight is 301 g/mol. The third kappa shape index (κ3) is 3.82. The van der Waals surface area contributed by atoms with Crippen LogP contribution in [-0.2, 0) is 16.1 Å². The van der Waals surface area contributed by atoms with Crippen LogP contribution >= 0.6 is 0 Å². The van der Waals surface area contributed by atoms with Gasteiger partial charge in [-0.2, -0.15) is 0 Å². The maximum absolute atomic E-state index is 13.4. The number of nitrogens with two attached hydrogens (primary N) is 1. The van der Waals surface area contributed by atoms with Crippen molar-refractivity contribution in [3.63, 3.8) is 0 Å². The van der Waals surface area contributed by atoms with E-state index in [-0.39, 0.29) is 6.54 Å². The highest BCUT2D eigenvalue weighted by Crippen LogP contribution is 2.19. The van der Waals surface area contributed by atoms with E-state index in [2.05, 4.69) is 10.6 Å². The summed E-state index contributed by atoms with van der Waals surface area (Å²) >= 11 is 0. The first-order valence-corrected chi connectivity index (χ1v) is 6.66. The van der Waals surface area contributed by atoms with Crippen LogP contribution < -0.4 is 16.4 Å². The molecule has 0 fully saturated rings. The zero-order valence-electron chi connectivity index (χ0n) is 12.0. The van der Waals surface area contributed by atoms with Crippen LogP contribution in [0.5, 0.6) is 0 Å². The van der Waals surface area contributed by atoms with Crippen LogP contribution in [0, 0.1) is 12.7 Å². The number of nitrogen functional groups attached to an aromatic ring is 1. The minimum atomic E-state index is -0.857. The number of carbonyl (C=O) groups excluding carboxylic acids is 2. The Kier molecular flexibility index (Phi) is 4.73. The van der Waals surface area contributed by atoms with Gasteiger partial charge in [-0.3, -0.25) is 9.59 Å². The monoisotopic (exact) mass is 301 g/mol. The second kappa shape index (κ2) is 6.71. The van der Waals surface area contributed by atoms with E-state index in [4.69, 9.17) is 5.73 Å². The van der Waals surface area contributed by atoms with Crippen LogP contribution in [0.25, 0.3) is 0 Å². The topological polar surface area (TPSA) is 84.2 Å². The molecule has 2 amide bonds. The Hall–Kier alpha value is -2.89. The molecule has 0 radical (unpaired) electrons. The summed E-state index contributed by atoms with van der Waals surface area (Å²) in [6.07, 6.45) is 0. The Bertz CT molecular complexity index is 716. The number of anilines is 2. The number of amides is 2. The lowest BCUT2D eigenvalue weighted by atomic mass is 10.2. The Labute approximate surface area is 127 Å². The number of benzene rings is 2. The highest BCUT2D eigenvalue weighted by atomic mass is 19.1. The SMILES string of the molecule is Cc1ccc(N)c(NC(=O)C(=O)NCc2ccccc2F)c1. The fraction of sp³-hybridized carbons (Fsp3) is 0.125. The molecule has 0 saturated heterocycles. The normalized spacial score (nSPS) is 10.1. The standard InChI is InChI=1S/C16H16FN3O2/c1-10-6-7-13(18)14(8-10)20-16(22)15(21)19-9-11-4-2-3-5-12(11)17/h2-8H,9,18H2,1H3,(H,19,21)(H,20,22). The lowest BCUT2D eigenvalue weighted by Crippen LogP contribution is -2.35. The van der Waals surface area contributed by atoms with Crippen molar-refractivity contribution in [3.05, 3.63) is 59.4 Å². The molecule has 0 spiro atoms. The van der Waals surface area contributed by atoms with E-state index in [0.717, 1.165) is 5.56 Å². The minimum Gasteiger partial charge on any atom is -0.397 e. The van der Waals surface area contributed by atoms with Gasteiger partial charge in [0.1, 0.15) is 5.82 Å². The van der Waals surface area contributed by atoms with E-state index in [1.807, 2.05) is 6.92 Å². The fourth-order valence-electron chi connectivity index (χ4n) is 1.85. The lowest BCUT2D eigenvalue weighted by molar-refractivity contribution is -0.136. The van der Waals surface area contributed by atoms with Crippen LogP contribution in [0.15, 0.2) is 42.5 Å². The van der Waals surface area contributed by atoms with Gasteiger partial charge in [-0.05, 0) is 30.7 Å². The van der Waals surface area contributed by atoms with Crippen molar-refractivity contribution < 1.29 is 14.0 Å². The van der Waals surface area contributed by atoms with Gasteiger partial charge in [-0.15, -0.1) is 0 Å². The molecule has 22 heavy (non-hydrogen) atoms. The molecule has 2 rings (SSSR count). The van der Waals surface area contributed by atoms with Gasteiger partial charge in [0.15, 0.2) is 0 Å². The molecule has 0 aliphatic rings. The number of halogens is 1. The molecule has 114 valence electrons. The van der Waals surface area contributed by atoms with Crippen LogP contribution in [0.2, 0.25) is 0 Å². The highest BCUT2D eigenvalue weighted by Gasteiger charge is 2.15. The Balaban J connectivity index is 1.97. The zero-order chi connectivity index (χ0) is 16.1. The second-order valence-corrected chi connectivity index (χ2v) is 4.82. The van der Waals surface area contributed by atoms with Crippen molar-refractivity contribution in [2.45, 2.75) is 13.5 Å². The minimum absolute atomic E-state index is 0.0672. The number of hydrogen-bond acceptors (Lipinski definition) is 3. The van der Waals surface area contributed by atoms with Crippen molar-refractivity contribution in [2.24, 2.45) is 0 Å². The van der Waals surface area contributed by atoms with Gasteiger partial charge < -0.3 is 16.4 Å². The van der Waals surface area contributed by atoms with Crippen molar-refractivity contribution in [1.82, 2.24) is 5.32 Å². The quantitative estimate of drug-likeness (QED) is 0.598. The first kappa shape index (κ1) is 15.5. The zero-order valence-corrected chi connectivity index (χ0v) is 12.0. The molecule has 0 bridgehead atoms. The molecule has 0 unspecified atom stereocenters. The first-order valence-electron chi connectivity index (χ1n) is 6.66. The van der Waals surface area contributed by atoms with E-state index in [1.54, 1.807) is 30.3 Å². The maximum Gasteiger partial charge on any atom is 0.313 e. The predicted molar refractivity (Wildman–Crippen MR) is 82.5 cm³/mol. The lowest BCUT2D eigenvalue weighted by Gasteiger charge is -2.09. The fourth-order valence-corrected chi connectivity index (χ4v) is 1.85. The van der Waals surface area contributed by atoms with Gasteiger partial charge in [0.05, 0.1) is 11.4 Å². The smallest absolute Gasteiger partial charge is 0.313 e. The Morgan fingerprint density at radius 2 is 1.86 bits per heavy atom. The van der Waals surface area contributed by atoms with Gasteiger partial charge in [0.25, 0.3) is 0 Å². The molecule has 5 nitrogen and oxygen atoms in total. The summed E-state index contributed by atoms with van der Waals surface area (Å²) in [6, 6.07) is 11.1. The summed E-state index contributed by atoms with van der Waals surface area (Å²) in [4.78, 5) is 23.6. The summed E-state index contributed by atoms with van der Waals surface area (Å²) in [6.45, 7) is 1.77. The third-order valence-electron chi connectivity index (χ3n) is 3.06. The summed E-state index contributed by atoms with van der Waals surface area (Å²) in [5.74, 6) is -2.15. The molecular weight excluding hydrogens is 285 g/mol. The molecule has 0 saturated carbocycles. The van der Waals surface area contributed by atoms with Crippen molar-refractivity contribution in [1.29, 1.82) is 0 Å². The first-order chi connectivity index (χ1) is 10.5. The summed E-state index contributed by atoms with van der Waals surface area (Å²) in [7, 11) is 0. The van der Waals surface area contributed by atoms with Crippen LogP contribution in [-0.4, -0.2) is 11.8 Å². The van der Waals surface area contributed by atoms with E-state index in [0.29, 0.717) is 16.9 Å². The van der Waals surface area contributed by atoms with Gasteiger partial charge in [0.2, 0.25) is 0 Å². The second-order valence-electron chi connectivity index (χ2n) is 4.82. The molecule has 0 aliphatic carbocycles. The van der Waals surface area contributed by atoms with Gasteiger partial charge in [0, 0.05) is 12.1 Å². The van der Waals surface area contributed by atoms with Crippen LogP contribution in [0.1, 0.15) is 11.1 Å². The van der Waals surface area contributed by atoms with Gasteiger partial charge >= 0.3 is 11.8 Å². The maximum atomic E-state index is 13.4. The largest absolute Gasteiger partial charge is 0.397 e. The molecule has 2 aromatic carbocycles. The summed E-state index contributed by atoms with van der Waals surface area (Å²) in [5.41, 5.74) is 7.66. The Morgan fingerprint density at radius 3 is 2.59 bits per heavy atom. The molecule has 0 aliphatic heterocycles. The molecule has 0 atom stereocenters. The van der Waals surface area contributed by atoms with Crippen molar-refractivity contribution in [3.8, 4) is 0 Å². The number of nitrogens with one attached hydrogen (secondary N) is 2. The van der Waals surface area contributed by atoms with Crippen LogP contribution in [0.3, 0.4) is 0 Å². The van der Waals surface area contributed by atoms with Crippen molar-refractivity contribution in [2.75, 3.05) is 11.1 Å². The van der Waals surface area contributed by atoms with E-state index in [9.17, 15) is 14.0 Å². The Morgan fingerprint density at radius 1 is 1.14 bits per heavy atom. The molecule has 0 aromatic heterocycles. The van der Waals surface area contributed by atoms with Gasteiger partial charge in [-0.1, -0.05) is 24.3 Å². The third-order valence-corrected chi connectivity index (χ3v) is 3.06. The summed E-state index contributed by atoms with van der Waals surface area (Å²) in [5, 5.41) is 4.79.